The van der Waals surface area contributed by atoms with Crippen LogP contribution < -0.4 is 0 Å². The lowest BCUT2D eigenvalue weighted by molar-refractivity contribution is 0.602. The zero-order valence-electron chi connectivity index (χ0n) is 7.81. The first-order valence-corrected chi connectivity index (χ1v) is 6.35. The summed E-state index contributed by atoms with van der Waals surface area (Å²) in [6.45, 7) is 0. The normalized spacial score (nSPS) is 11.9. The quantitative estimate of drug-likeness (QED) is 0.764. The van der Waals surface area contributed by atoms with E-state index in [1.54, 1.807) is 6.20 Å². The molecule has 0 aliphatic carbocycles. The lowest BCUT2D eigenvalue weighted by Crippen LogP contribution is -1.98. The van der Waals surface area contributed by atoms with E-state index in [9.17, 15) is 8.42 Å². The van der Waals surface area contributed by atoms with Crippen LogP contribution in [0.2, 0.25) is 5.02 Å². The third-order valence-corrected chi connectivity index (χ3v) is 3.52. The maximum Gasteiger partial charge on any atom is 0.177 e. The van der Waals surface area contributed by atoms with E-state index < -0.39 is 9.84 Å². The summed E-state index contributed by atoms with van der Waals surface area (Å²) in [6.07, 6.45) is 4.05. The molecule has 0 aliphatic heterocycles. The second-order valence-corrected chi connectivity index (χ2v) is 5.53. The molecule has 0 fully saturated rings. The maximum atomic E-state index is 11.4. The molecule has 0 saturated heterocycles. The fraction of sp³-hybridized carbons (Fsp3) is 0.111. The van der Waals surface area contributed by atoms with Crippen molar-refractivity contribution in [2.24, 2.45) is 0 Å². The highest BCUT2D eigenvalue weighted by Crippen LogP contribution is 2.25. The Kier molecular flexibility index (Phi) is 2.36. The highest BCUT2D eigenvalue weighted by molar-refractivity contribution is 7.90. The van der Waals surface area contributed by atoms with Gasteiger partial charge in [-0.15, -0.1) is 0 Å². The van der Waals surface area contributed by atoms with Crippen LogP contribution in [0.3, 0.4) is 0 Å². The first kappa shape index (κ1) is 10.3. The second kappa shape index (κ2) is 3.43. The summed E-state index contributed by atoms with van der Waals surface area (Å²) in [4.78, 5) is 7.89. The topological polar surface area (TPSA) is 59.9 Å². The van der Waals surface area contributed by atoms with Gasteiger partial charge in [0.1, 0.15) is 6.33 Å². The molecule has 2 aromatic rings. The van der Waals surface area contributed by atoms with Gasteiger partial charge < -0.3 is 0 Å². The minimum Gasteiger partial charge on any atom is -0.244 e. The van der Waals surface area contributed by atoms with Gasteiger partial charge in [0.25, 0.3) is 0 Å². The van der Waals surface area contributed by atoms with Gasteiger partial charge in [-0.2, -0.15) is 0 Å². The molecule has 1 aromatic heterocycles. The number of nitrogens with zero attached hydrogens (tertiary/aromatic N) is 2. The number of hydrogen-bond donors (Lipinski definition) is 0. The Hall–Kier alpha value is -1.20. The van der Waals surface area contributed by atoms with Crippen LogP contribution in [0, 0.1) is 0 Å². The number of sulfone groups is 1. The van der Waals surface area contributed by atoms with Crippen LogP contribution in [-0.2, 0) is 9.84 Å². The summed E-state index contributed by atoms with van der Waals surface area (Å²) >= 11 is 5.85. The Bertz CT molecular complexity index is 625. The van der Waals surface area contributed by atoms with Crippen LogP contribution in [0.5, 0.6) is 0 Å². The summed E-state index contributed by atoms with van der Waals surface area (Å²) in [5.41, 5.74) is 0.627. The fourth-order valence-corrected chi connectivity index (χ4v) is 2.60. The number of halogens is 1. The molecule has 0 atom stereocenters. The average molecular weight is 243 g/mol. The molecular formula is C9H7ClN2O2S. The van der Waals surface area contributed by atoms with Crippen molar-refractivity contribution in [2.75, 3.05) is 6.26 Å². The first-order chi connectivity index (χ1) is 6.98. The maximum absolute atomic E-state index is 11.4. The van der Waals surface area contributed by atoms with Gasteiger partial charge in [-0.3, -0.25) is 0 Å². The van der Waals surface area contributed by atoms with Crippen molar-refractivity contribution in [2.45, 2.75) is 4.90 Å². The molecule has 2 rings (SSSR count). The summed E-state index contributed by atoms with van der Waals surface area (Å²) < 4.78 is 22.7. The van der Waals surface area contributed by atoms with Crippen LogP contribution in [0.25, 0.3) is 10.9 Å². The Balaban J connectivity index is 2.84. The molecule has 6 heteroatoms. The van der Waals surface area contributed by atoms with Crippen LogP contribution in [0.1, 0.15) is 0 Å². The Morgan fingerprint density at radius 1 is 1.33 bits per heavy atom. The monoisotopic (exact) mass is 242 g/mol. The largest absolute Gasteiger partial charge is 0.244 e. The first-order valence-electron chi connectivity index (χ1n) is 4.08. The predicted molar refractivity (Wildman–Crippen MR) is 57.7 cm³/mol. The molecular weight excluding hydrogens is 236 g/mol. The molecule has 1 heterocycles. The number of fused-ring (bicyclic) bond motifs is 1. The highest BCUT2D eigenvalue weighted by Gasteiger charge is 2.13. The van der Waals surface area contributed by atoms with Gasteiger partial charge in [0, 0.05) is 17.8 Å². The molecule has 78 valence electrons. The number of hydrogen-bond acceptors (Lipinski definition) is 4. The van der Waals surface area contributed by atoms with E-state index in [-0.39, 0.29) is 9.92 Å². The molecule has 0 aliphatic rings. The van der Waals surface area contributed by atoms with Gasteiger partial charge in [0.15, 0.2) is 9.84 Å². The van der Waals surface area contributed by atoms with Crippen LogP contribution >= 0.6 is 11.6 Å². The van der Waals surface area contributed by atoms with Crippen LogP contribution in [0.15, 0.2) is 29.6 Å². The molecule has 4 nitrogen and oxygen atoms in total. The smallest absolute Gasteiger partial charge is 0.177 e. The van der Waals surface area contributed by atoms with E-state index in [2.05, 4.69) is 9.97 Å². The SMILES string of the molecule is CS(=O)(=O)c1cc2cncnc2cc1Cl. The van der Waals surface area contributed by atoms with Gasteiger partial charge >= 0.3 is 0 Å². The molecule has 0 radical (unpaired) electrons. The molecule has 0 spiro atoms. The summed E-state index contributed by atoms with van der Waals surface area (Å²) in [7, 11) is -3.31. The lowest BCUT2D eigenvalue weighted by atomic mass is 10.2. The molecule has 0 saturated carbocycles. The van der Waals surface area contributed by atoms with Crippen molar-refractivity contribution >= 4 is 32.3 Å². The zero-order chi connectivity index (χ0) is 11.1. The van der Waals surface area contributed by atoms with Crippen molar-refractivity contribution in [3.05, 3.63) is 29.7 Å². The lowest BCUT2D eigenvalue weighted by Gasteiger charge is -2.03. The summed E-state index contributed by atoms with van der Waals surface area (Å²) in [5, 5.41) is 0.839. The van der Waals surface area contributed by atoms with Crippen molar-refractivity contribution in [1.29, 1.82) is 0 Å². The van der Waals surface area contributed by atoms with Gasteiger partial charge in [-0.25, -0.2) is 18.4 Å². The third kappa shape index (κ3) is 1.93. The van der Waals surface area contributed by atoms with Crippen molar-refractivity contribution < 1.29 is 8.42 Å². The molecule has 0 N–H and O–H groups in total. The van der Waals surface area contributed by atoms with E-state index in [0.29, 0.717) is 10.9 Å². The Morgan fingerprint density at radius 2 is 2.07 bits per heavy atom. The average Bonchev–Trinajstić information content (AvgIpc) is 2.15. The summed E-state index contributed by atoms with van der Waals surface area (Å²) in [6, 6.07) is 3.00. The van der Waals surface area contributed by atoms with Crippen molar-refractivity contribution in [1.82, 2.24) is 9.97 Å². The molecule has 0 unspecified atom stereocenters. The highest BCUT2D eigenvalue weighted by atomic mass is 35.5. The second-order valence-electron chi connectivity index (χ2n) is 3.14. The number of rotatable bonds is 1. The standard InChI is InChI=1S/C9H7ClN2O2S/c1-15(13,14)9-2-6-4-11-5-12-8(6)3-7(9)10/h2-5H,1H3. The van der Waals surface area contributed by atoms with E-state index in [0.717, 1.165) is 6.26 Å². The van der Waals surface area contributed by atoms with Crippen LogP contribution in [0.4, 0.5) is 0 Å². The zero-order valence-corrected chi connectivity index (χ0v) is 9.38. The Morgan fingerprint density at radius 3 is 2.73 bits per heavy atom. The molecule has 15 heavy (non-hydrogen) atoms. The number of benzene rings is 1. The number of aromatic nitrogens is 2. The summed E-state index contributed by atoms with van der Waals surface area (Å²) in [5.74, 6) is 0. The minimum atomic E-state index is -3.31. The molecule has 0 bridgehead atoms. The van der Waals surface area contributed by atoms with Gasteiger partial charge in [-0.1, -0.05) is 11.6 Å². The van der Waals surface area contributed by atoms with Gasteiger partial charge in [0.05, 0.1) is 15.4 Å². The predicted octanol–water partition coefficient (Wildman–Crippen LogP) is 1.69. The Labute approximate surface area is 91.8 Å². The van der Waals surface area contributed by atoms with E-state index in [1.807, 2.05) is 0 Å². The molecule has 0 amide bonds. The van der Waals surface area contributed by atoms with E-state index in [1.165, 1.54) is 18.5 Å². The molecule has 1 aromatic carbocycles. The van der Waals surface area contributed by atoms with E-state index >= 15 is 0 Å². The van der Waals surface area contributed by atoms with Crippen LogP contribution in [-0.4, -0.2) is 24.6 Å². The van der Waals surface area contributed by atoms with Crippen molar-refractivity contribution in [3.8, 4) is 0 Å². The van der Waals surface area contributed by atoms with Gasteiger partial charge in [0.2, 0.25) is 0 Å². The third-order valence-electron chi connectivity index (χ3n) is 1.96. The minimum absolute atomic E-state index is 0.103. The van der Waals surface area contributed by atoms with Gasteiger partial charge in [-0.05, 0) is 12.1 Å². The van der Waals surface area contributed by atoms with E-state index in [4.69, 9.17) is 11.6 Å². The fourth-order valence-electron chi connectivity index (χ4n) is 1.27. The van der Waals surface area contributed by atoms with Crippen molar-refractivity contribution in [3.63, 3.8) is 0 Å².